The summed E-state index contributed by atoms with van der Waals surface area (Å²) in [6.07, 6.45) is 9.92. The Morgan fingerprint density at radius 1 is 1.18 bits per heavy atom. The molecular formula is C14H28N2S. The average Bonchev–Trinajstić information content (AvgIpc) is 2.88. The van der Waals surface area contributed by atoms with Gasteiger partial charge in [0, 0.05) is 17.8 Å². The molecule has 1 saturated heterocycles. The largest absolute Gasteiger partial charge is 0.313 e. The molecule has 1 saturated carbocycles. The van der Waals surface area contributed by atoms with Crippen molar-refractivity contribution < 1.29 is 0 Å². The summed E-state index contributed by atoms with van der Waals surface area (Å²) in [6.45, 7) is 2.49. The highest BCUT2D eigenvalue weighted by Crippen LogP contribution is 2.21. The van der Waals surface area contributed by atoms with Gasteiger partial charge in [0.05, 0.1) is 0 Å². The molecule has 2 fully saturated rings. The summed E-state index contributed by atoms with van der Waals surface area (Å²) in [6, 6.07) is 1.69. The molecular weight excluding hydrogens is 228 g/mol. The highest BCUT2D eigenvalue weighted by Gasteiger charge is 2.18. The van der Waals surface area contributed by atoms with Crippen LogP contribution in [0.5, 0.6) is 0 Å². The van der Waals surface area contributed by atoms with Gasteiger partial charge < -0.3 is 10.2 Å². The first-order chi connectivity index (χ1) is 8.36. The summed E-state index contributed by atoms with van der Waals surface area (Å²) in [7, 11) is 2.32. The van der Waals surface area contributed by atoms with Crippen LogP contribution in [0.15, 0.2) is 0 Å². The van der Waals surface area contributed by atoms with Gasteiger partial charge in [0.1, 0.15) is 0 Å². The lowest BCUT2D eigenvalue weighted by Gasteiger charge is -2.31. The molecule has 1 atom stereocenters. The summed E-state index contributed by atoms with van der Waals surface area (Å²) >= 11 is 2.10. The third kappa shape index (κ3) is 4.80. The molecule has 3 heteroatoms. The number of hydrogen-bond acceptors (Lipinski definition) is 3. The lowest BCUT2D eigenvalue weighted by molar-refractivity contribution is 0.189. The van der Waals surface area contributed by atoms with E-state index in [1.54, 1.807) is 0 Å². The molecule has 1 N–H and O–H groups in total. The van der Waals surface area contributed by atoms with Crippen LogP contribution in [0.25, 0.3) is 0 Å². The Bertz CT molecular complexity index is 198. The van der Waals surface area contributed by atoms with Crippen LogP contribution in [-0.4, -0.2) is 48.6 Å². The predicted octanol–water partition coefficient (Wildman–Crippen LogP) is 2.74. The molecule has 0 radical (unpaired) electrons. The molecule has 2 aliphatic rings. The highest BCUT2D eigenvalue weighted by molar-refractivity contribution is 7.99. The standard InChI is InChI=1S/C14H28N2S/c1-16(14-6-3-2-4-7-14)10-5-9-15-13-8-11-17-12-13/h13-15H,2-12H2,1H3. The third-order valence-corrected chi connectivity index (χ3v) is 5.41. The van der Waals surface area contributed by atoms with E-state index in [1.165, 1.54) is 69.5 Å². The normalized spacial score (nSPS) is 26.8. The first kappa shape index (κ1) is 13.7. The van der Waals surface area contributed by atoms with Crippen molar-refractivity contribution in [1.29, 1.82) is 0 Å². The molecule has 0 bridgehead atoms. The molecule has 0 amide bonds. The first-order valence-corrected chi connectivity index (χ1v) is 8.53. The van der Waals surface area contributed by atoms with E-state index in [-0.39, 0.29) is 0 Å². The second-order valence-corrected chi connectivity index (χ2v) is 6.79. The molecule has 0 aromatic rings. The molecule has 17 heavy (non-hydrogen) atoms. The van der Waals surface area contributed by atoms with Gasteiger partial charge in [-0.05, 0) is 51.6 Å². The number of hydrogen-bond donors (Lipinski definition) is 1. The Balaban J connectivity index is 1.51. The minimum atomic E-state index is 0.806. The smallest absolute Gasteiger partial charge is 0.0166 e. The molecule has 100 valence electrons. The van der Waals surface area contributed by atoms with Crippen molar-refractivity contribution in [3.8, 4) is 0 Å². The number of rotatable bonds is 6. The second-order valence-electron chi connectivity index (χ2n) is 5.64. The molecule has 1 heterocycles. The van der Waals surface area contributed by atoms with Crippen LogP contribution in [0.4, 0.5) is 0 Å². The molecule has 1 aliphatic heterocycles. The summed E-state index contributed by atoms with van der Waals surface area (Å²) in [4.78, 5) is 2.60. The van der Waals surface area contributed by atoms with Crippen molar-refractivity contribution in [3.63, 3.8) is 0 Å². The fourth-order valence-electron chi connectivity index (χ4n) is 3.03. The fraction of sp³-hybridized carbons (Fsp3) is 1.00. The fourth-order valence-corrected chi connectivity index (χ4v) is 4.22. The number of thioether (sulfide) groups is 1. The summed E-state index contributed by atoms with van der Waals surface area (Å²) in [5, 5.41) is 3.69. The number of nitrogens with one attached hydrogen (secondary N) is 1. The van der Waals surface area contributed by atoms with Gasteiger partial charge in [-0.15, -0.1) is 0 Å². The summed E-state index contributed by atoms with van der Waals surface area (Å²) in [5.74, 6) is 2.69. The van der Waals surface area contributed by atoms with Crippen molar-refractivity contribution in [3.05, 3.63) is 0 Å². The highest BCUT2D eigenvalue weighted by atomic mass is 32.2. The zero-order chi connectivity index (χ0) is 11.9. The van der Waals surface area contributed by atoms with Gasteiger partial charge in [-0.2, -0.15) is 11.8 Å². The van der Waals surface area contributed by atoms with Crippen LogP contribution in [0.3, 0.4) is 0 Å². The van der Waals surface area contributed by atoms with E-state index < -0.39 is 0 Å². The molecule has 1 aliphatic carbocycles. The maximum Gasteiger partial charge on any atom is 0.0166 e. The Labute approximate surface area is 111 Å². The summed E-state index contributed by atoms with van der Waals surface area (Å²) < 4.78 is 0. The van der Waals surface area contributed by atoms with E-state index in [0.717, 1.165) is 12.1 Å². The third-order valence-electron chi connectivity index (χ3n) is 4.25. The number of nitrogens with zero attached hydrogens (tertiary/aromatic N) is 1. The Morgan fingerprint density at radius 3 is 2.71 bits per heavy atom. The van der Waals surface area contributed by atoms with Crippen LogP contribution in [0, 0.1) is 0 Å². The second kappa shape index (κ2) is 7.65. The van der Waals surface area contributed by atoms with E-state index in [2.05, 4.69) is 29.0 Å². The Kier molecular flexibility index (Phi) is 6.16. The average molecular weight is 256 g/mol. The Morgan fingerprint density at radius 2 is 2.00 bits per heavy atom. The van der Waals surface area contributed by atoms with Crippen molar-refractivity contribution in [2.24, 2.45) is 0 Å². The van der Waals surface area contributed by atoms with Crippen LogP contribution in [-0.2, 0) is 0 Å². The molecule has 0 aromatic carbocycles. The minimum Gasteiger partial charge on any atom is -0.313 e. The van der Waals surface area contributed by atoms with E-state index in [4.69, 9.17) is 0 Å². The van der Waals surface area contributed by atoms with Gasteiger partial charge >= 0.3 is 0 Å². The van der Waals surface area contributed by atoms with E-state index in [0.29, 0.717) is 0 Å². The van der Waals surface area contributed by atoms with Gasteiger partial charge in [0.25, 0.3) is 0 Å². The van der Waals surface area contributed by atoms with E-state index >= 15 is 0 Å². The zero-order valence-electron chi connectivity index (χ0n) is 11.3. The Hall–Kier alpha value is 0.270. The lowest BCUT2D eigenvalue weighted by atomic mass is 9.94. The molecule has 0 spiro atoms. The molecule has 2 nitrogen and oxygen atoms in total. The van der Waals surface area contributed by atoms with Gasteiger partial charge in [-0.1, -0.05) is 19.3 Å². The lowest BCUT2D eigenvalue weighted by Crippen LogP contribution is -2.36. The van der Waals surface area contributed by atoms with E-state index in [1.807, 2.05) is 0 Å². The molecule has 2 rings (SSSR count). The molecule has 0 aromatic heterocycles. The minimum absolute atomic E-state index is 0.806. The zero-order valence-corrected chi connectivity index (χ0v) is 12.1. The van der Waals surface area contributed by atoms with Crippen LogP contribution in [0.1, 0.15) is 44.9 Å². The van der Waals surface area contributed by atoms with Crippen LogP contribution >= 0.6 is 11.8 Å². The van der Waals surface area contributed by atoms with Crippen molar-refractivity contribution in [2.75, 3.05) is 31.6 Å². The maximum atomic E-state index is 3.69. The predicted molar refractivity (Wildman–Crippen MR) is 77.9 cm³/mol. The van der Waals surface area contributed by atoms with Gasteiger partial charge in [-0.3, -0.25) is 0 Å². The van der Waals surface area contributed by atoms with Crippen LogP contribution < -0.4 is 5.32 Å². The molecule has 1 unspecified atom stereocenters. The quantitative estimate of drug-likeness (QED) is 0.736. The van der Waals surface area contributed by atoms with Crippen molar-refractivity contribution in [2.45, 2.75) is 57.0 Å². The first-order valence-electron chi connectivity index (χ1n) is 7.37. The van der Waals surface area contributed by atoms with E-state index in [9.17, 15) is 0 Å². The van der Waals surface area contributed by atoms with Gasteiger partial charge in [-0.25, -0.2) is 0 Å². The van der Waals surface area contributed by atoms with Gasteiger partial charge in [0.15, 0.2) is 0 Å². The SMILES string of the molecule is CN(CCCNC1CCSC1)C1CCCCC1. The van der Waals surface area contributed by atoms with Crippen molar-refractivity contribution >= 4 is 11.8 Å². The topological polar surface area (TPSA) is 15.3 Å². The van der Waals surface area contributed by atoms with Gasteiger partial charge in [0.2, 0.25) is 0 Å². The van der Waals surface area contributed by atoms with Crippen molar-refractivity contribution in [1.82, 2.24) is 10.2 Å². The maximum absolute atomic E-state index is 3.69. The van der Waals surface area contributed by atoms with Crippen LogP contribution in [0.2, 0.25) is 0 Å². The summed E-state index contributed by atoms with van der Waals surface area (Å²) in [5.41, 5.74) is 0. The monoisotopic (exact) mass is 256 g/mol.